The van der Waals surface area contributed by atoms with Gasteiger partial charge in [-0.3, -0.25) is 9.59 Å². The van der Waals surface area contributed by atoms with Crippen molar-refractivity contribution in [3.8, 4) is 12.3 Å². The maximum Gasteiger partial charge on any atom is 0.435 e. The molecule has 0 aliphatic carbocycles. The minimum absolute atomic E-state index is 0.0161. The summed E-state index contributed by atoms with van der Waals surface area (Å²) in [5.74, 6) is 1.21. The number of rotatable bonds is 6. The lowest BCUT2D eigenvalue weighted by atomic mass is 9.88. The van der Waals surface area contributed by atoms with Gasteiger partial charge in [-0.25, -0.2) is 0 Å². The molecule has 0 radical (unpaired) electrons. The molecule has 3 rings (SSSR count). The molecule has 0 bridgehead atoms. The van der Waals surface area contributed by atoms with Gasteiger partial charge in [-0.15, -0.1) is 17.8 Å². The molecule has 1 aromatic heterocycles. The van der Waals surface area contributed by atoms with Gasteiger partial charge >= 0.3 is 6.18 Å². The standard InChI is InChI=1S/C21H16Cl2F3N3O3S/c1-3-4-27-17(30)10-28-19(31)18-11(2)5-16(33-18)15-9-20(32-29-15,21(24,25)26)12-6-13(22)8-14(23)7-12/h1,5-8H,4,9-10H2,2H3,(H,27,30)(H,28,31). The van der Waals surface area contributed by atoms with Crippen LogP contribution in [0.3, 0.4) is 0 Å². The van der Waals surface area contributed by atoms with Crippen LogP contribution in [0.1, 0.15) is 32.1 Å². The minimum atomic E-state index is -4.83. The van der Waals surface area contributed by atoms with E-state index in [4.69, 9.17) is 34.5 Å². The van der Waals surface area contributed by atoms with Gasteiger partial charge in [-0.05, 0) is 36.8 Å². The Morgan fingerprint density at radius 1 is 1.24 bits per heavy atom. The molecule has 1 aromatic carbocycles. The lowest BCUT2D eigenvalue weighted by molar-refractivity contribution is -0.275. The number of hydrogen-bond acceptors (Lipinski definition) is 5. The second kappa shape index (κ2) is 9.63. The predicted octanol–water partition coefficient (Wildman–Crippen LogP) is 4.42. The van der Waals surface area contributed by atoms with Crippen molar-refractivity contribution in [3.05, 3.63) is 55.2 Å². The lowest BCUT2D eigenvalue weighted by Crippen LogP contribution is -2.42. The Labute approximate surface area is 201 Å². The van der Waals surface area contributed by atoms with E-state index < -0.39 is 30.0 Å². The van der Waals surface area contributed by atoms with Gasteiger partial charge in [0.25, 0.3) is 11.5 Å². The molecular weight excluding hydrogens is 502 g/mol. The van der Waals surface area contributed by atoms with Crippen LogP contribution in [-0.4, -0.2) is 36.8 Å². The second-order valence-electron chi connectivity index (χ2n) is 7.08. The number of terminal acetylenes is 1. The van der Waals surface area contributed by atoms with Crippen molar-refractivity contribution in [2.45, 2.75) is 25.1 Å². The Kier molecular flexibility index (Phi) is 7.26. The molecule has 2 amide bonds. The molecule has 6 nitrogen and oxygen atoms in total. The number of benzene rings is 1. The van der Waals surface area contributed by atoms with E-state index in [1.165, 1.54) is 12.1 Å². The van der Waals surface area contributed by atoms with E-state index in [2.05, 4.69) is 21.7 Å². The average molecular weight is 518 g/mol. The number of hydrogen-bond donors (Lipinski definition) is 2. The normalized spacial score (nSPS) is 17.7. The number of carbonyl (C=O) groups excluding carboxylic acids is 2. The summed E-state index contributed by atoms with van der Waals surface area (Å²) in [5, 5.41) is 8.58. The van der Waals surface area contributed by atoms with Gasteiger partial charge in [0.15, 0.2) is 0 Å². The van der Waals surface area contributed by atoms with Crippen molar-refractivity contribution in [2.24, 2.45) is 5.16 Å². The number of halogens is 5. The van der Waals surface area contributed by atoms with Crippen molar-refractivity contribution in [2.75, 3.05) is 13.1 Å². The third-order valence-electron chi connectivity index (χ3n) is 4.72. The SMILES string of the molecule is C#CCNC(=O)CNC(=O)c1sc(C2=NOC(c3cc(Cl)cc(Cl)c3)(C(F)(F)F)C2)cc1C. The summed E-state index contributed by atoms with van der Waals surface area (Å²) in [5.41, 5.74) is -2.53. The van der Waals surface area contributed by atoms with E-state index in [0.717, 1.165) is 23.5 Å². The molecule has 1 aliphatic heterocycles. The number of carbonyl (C=O) groups is 2. The molecule has 174 valence electrons. The second-order valence-corrected chi connectivity index (χ2v) is 9.00. The van der Waals surface area contributed by atoms with Crippen LogP contribution in [0.25, 0.3) is 0 Å². The number of nitrogens with one attached hydrogen (secondary N) is 2. The Hall–Kier alpha value is -2.74. The fourth-order valence-electron chi connectivity index (χ4n) is 3.13. The van der Waals surface area contributed by atoms with Gasteiger partial charge < -0.3 is 15.5 Å². The first kappa shape index (κ1) is 24.9. The van der Waals surface area contributed by atoms with E-state index in [-0.39, 0.29) is 39.3 Å². The van der Waals surface area contributed by atoms with Crippen LogP contribution < -0.4 is 10.6 Å². The van der Waals surface area contributed by atoms with Gasteiger partial charge in [-0.2, -0.15) is 13.2 Å². The van der Waals surface area contributed by atoms with Gasteiger partial charge in [0.05, 0.1) is 29.3 Å². The summed E-state index contributed by atoms with van der Waals surface area (Å²) >= 11 is 12.8. The topological polar surface area (TPSA) is 79.8 Å². The highest BCUT2D eigenvalue weighted by Gasteiger charge is 2.62. The number of nitrogens with zero attached hydrogens (tertiary/aromatic N) is 1. The number of amides is 2. The van der Waals surface area contributed by atoms with Crippen molar-refractivity contribution in [1.29, 1.82) is 0 Å². The molecule has 2 aromatic rings. The van der Waals surface area contributed by atoms with E-state index in [1.807, 2.05) is 0 Å². The smallest absolute Gasteiger partial charge is 0.374 e. The highest BCUT2D eigenvalue weighted by atomic mass is 35.5. The Morgan fingerprint density at radius 3 is 2.52 bits per heavy atom. The minimum Gasteiger partial charge on any atom is -0.374 e. The van der Waals surface area contributed by atoms with Crippen LogP contribution in [0.5, 0.6) is 0 Å². The van der Waals surface area contributed by atoms with Crippen molar-refractivity contribution in [3.63, 3.8) is 0 Å². The molecule has 1 unspecified atom stereocenters. The van der Waals surface area contributed by atoms with Crippen LogP contribution in [-0.2, 0) is 15.2 Å². The Morgan fingerprint density at radius 2 is 1.91 bits per heavy atom. The zero-order chi connectivity index (χ0) is 24.4. The quantitative estimate of drug-likeness (QED) is 0.556. The monoisotopic (exact) mass is 517 g/mol. The Balaban J connectivity index is 1.82. The Bertz CT molecular complexity index is 1150. The molecule has 2 N–H and O–H groups in total. The van der Waals surface area contributed by atoms with E-state index >= 15 is 0 Å². The molecule has 1 atom stereocenters. The summed E-state index contributed by atoms with van der Waals surface area (Å²) in [6.45, 7) is 1.34. The molecule has 2 heterocycles. The molecular formula is C21H16Cl2F3N3O3S. The molecule has 0 saturated heterocycles. The van der Waals surface area contributed by atoms with Gasteiger partial charge in [0.1, 0.15) is 5.71 Å². The number of thiophene rings is 1. The zero-order valence-corrected chi connectivity index (χ0v) is 19.3. The number of oxime groups is 1. The van der Waals surface area contributed by atoms with Crippen LogP contribution in [0.4, 0.5) is 13.2 Å². The van der Waals surface area contributed by atoms with Gasteiger partial charge in [-0.1, -0.05) is 34.3 Å². The molecule has 0 spiro atoms. The first-order valence-corrected chi connectivity index (χ1v) is 10.9. The van der Waals surface area contributed by atoms with E-state index in [9.17, 15) is 22.8 Å². The first-order chi connectivity index (χ1) is 15.5. The third-order valence-corrected chi connectivity index (χ3v) is 6.44. The van der Waals surface area contributed by atoms with Gasteiger partial charge in [0.2, 0.25) is 5.91 Å². The molecule has 0 fully saturated rings. The van der Waals surface area contributed by atoms with Crippen LogP contribution in [0.2, 0.25) is 10.0 Å². The fraction of sp³-hybridized carbons (Fsp3) is 0.286. The molecule has 33 heavy (non-hydrogen) atoms. The summed E-state index contributed by atoms with van der Waals surface area (Å²) in [6.07, 6.45) is -0.416. The maximum atomic E-state index is 14.1. The molecule has 12 heteroatoms. The largest absolute Gasteiger partial charge is 0.435 e. The summed E-state index contributed by atoms with van der Waals surface area (Å²) in [6, 6.07) is 5.11. The number of alkyl halides is 3. The van der Waals surface area contributed by atoms with Crippen molar-refractivity contribution in [1.82, 2.24) is 10.6 Å². The highest BCUT2D eigenvalue weighted by Crippen LogP contribution is 2.50. The van der Waals surface area contributed by atoms with Crippen LogP contribution in [0, 0.1) is 19.3 Å². The maximum absolute atomic E-state index is 14.1. The van der Waals surface area contributed by atoms with Crippen molar-refractivity contribution < 1.29 is 27.6 Å². The first-order valence-electron chi connectivity index (χ1n) is 9.34. The zero-order valence-electron chi connectivity index (χ0n) is 17.0. The summed E-state index contributed by atoms with van der Waals surface area (Å²) < 4.78 is 42.4. The van der Waals surface area contributed by atoms with Crippen molar-refractivity contribution >= 4 is 52.1 Å². The van der Waals surface area contributed by atoms with Crippen LogP contribution in [0.15, 0.2) is 29.4 Å². The van der Waals surface area contributed by atoms with E-state index in [1.54, 1.807) is 6.92 Å². The van der Waals surface area contributed by atoms with Gasteiger partial charge in [0, 0.05) is 15.6 Å². The third kappa shape index (κ3) is 5.27. The highest BCUT2D eigenvalue weighted by molar-refractivity contribution is 7.16. The lowest BCUT2D eigenvalue weighted by Gasteiger charge is -2.29. The fourth-order valence-corrected chi connectivity index (χ4v) is 4.72. The van der Waals surface area contributed by atoms with Crippen LogP contribution >= 0.6 is 34.5 Å². The summed E-state index contributed by atoms with van der Waals surface area (Å²) in [4.78, 5) is 29.6. The summed E-state index contributed by atoms with van der Waals surface area (Å²) in [7, 11) is 0. The number of aryl methyl sites for hydroxylation is 1. The average Bonchev–Trinajstić information content (AvgIpc) is 3.34. The van der Waals surface area contributed by atoms with E-state index in [0.29, 0.717) is 10.4 Å². The molecule has 0 saturated carbocycles. The predicted molar refractivity (Wildman–Crippen MR) is 120 cm³/mol. The molecule has 1 aliphatic rings.